The van der Waals surface area contributed by atoms with Crippen molar-refractivity contribution in [2.24, 2.45) is 4.99 Å². The lowest BCUT2D eigenvalue weighted by Crippen LogP contribution is -2.28. The maximum atomic E-state index is 13.0. The van der Waals surface area contributed by atoms with Gasteiger partial charge in [-0.3, -0.25) is 19.7 Å². The molecule has 3 aromatic rings. The predicted octanol–water partition coefficient (Wildman–Crippen LogP) is 4.92. The molecular weight excluding hydrogens is 481 g/mol. The number of aliphatic imine (C=N–C) groups is 1. The zero-order valence-electron chi connectivity index (χ0n) is 20.3. The van der Waals surface area contributed by atoms with Crippen LogP contribution in [-0.2, 0) is 23.9 Å². The lowest BCUT2D eigenvalue weighted by atomic mass is 9.93. The molecule has 1 aromatic carbocycles. The molecule has 1 saturated heterocycles. The average molecular weight is 509 g/mol. The lowest BCUT2D eigenvalue weighted by molar-refractivity contribution is -0.144. The molecule has 37 heavy (non-hydrogen) atoms. The highest BCUT2D eigenvalue weighted by molar-refractivity contribution is 6.49. The van der Waals surface area contributed by atoms with Gasteiger partial charge < -0.3 is 5.32 Å². The maximum Gasteiger partial charge on any atom is 0.451 e. The van der Waals surface area contributed by atoms with E-state index in [1.54, 1.807) is 0 Å². The molecule has 0 bridgehead atoms. The van der Waals surface area contributed by atoms with Gasteiger partial charge in [0.25, 0.3) is 5.91 Å². The molecule has 2 aliphatic rings. The Morgan fingerprint density at radius 2 is 1.70 bits per heavy atom. The molecule has 1 fully saturated rings. The maximum absolute atomic E-state index is 13.0. The second kappa shape index (κ2) is 10.8. The van der Waals surface area contributed by atoms with Crippen molar-refractivity contribution in [1.29, 1.82) is 0 Å². The summed E-state index contributed by atoms with van der Waals surface area (Å²) in [4.78, 5) is 31.0. The SMILES string of the molecule is O=C(Nc1cnc(C(F)(F)F)nc1)C1=NCCc2ccc(-c3cncc(CN4CCCCCC4)c3)cc21. The van der Waals surface area contributed by atoms with Gasteiger partial charge in [-0.1, -0.05) is 25.0 Å². The molecule has 0 unspecified atom stereocenters. The number of benzene rings is 1. The standard InChI is InChI=1S/C27H27F3N6O/c28-27(29,30)26-33-15-22(16-34-26)35-25(37)24-23-12-20(6-5-19(23)7-8-32-24)21-11-18(13-31-14-21)17-36-9-3-1-2-4-10-36/h5-6,11-16H,1-4,7-10,17H2,(H,35,37). The summed E-state index contributed by atoms with van der Waals surface area (Å²) in [7, 11) is 0. The second-order valence-electron chi connectivity index (χ2n) is 9.37. The Kier molecular flexibility index (Phi) is 7.27. The molecule has 2 aliphatic heterocycles. The van der Waals surface area contributed by atoms with E-state index >= 15 is 0 Å². The molecule has 0 atom stereocenters. The van der Waals surface area contributed by atoms with Gasteiger partial charge in [-0.15, -0.1) is 0 Å². The van der Waals surface area contributed by atoms with Crippen molar-refractivity contribution in [3.05, 3.63) is 71.6 Å². The number of alkyl halides is 3. The first-order valence-corrected chi connectivity index (χ1v) is 12.4. The Balaban J connectivity index is 1.35. The van der Waals surface area contributed by atoms with Gasteiger partial charge in [0.2, 0.25) is 5.82 Å². The average Bonchev–Trinajstić information content (AvgIpc) is 3.16. The fourth-order valence-electron chi connectivity index (χ4n) is 4.78. The molecule has 0 aliphatic carbocycles. The number of anilines is 1. The fraction of sp³-hybridized carbons (Fsp3) is 0.370. The number of halogens is 3. The Hall–Kier alpha value is -3.66. The number of hydrogen-bond acceptors (Lipinski definition) is 6. The molecule has 192 valence electrons. The van der Waals surface area contributed by atoms with Crippen molar-refractivity contribution >= 4 is 17.3 Å². The summed E-state index contributed by atoms with van der Waals surface area (Å²) in [6, 6.07) is 8.09. The number of amides is 1. The zero-order chi connectivity index (χ0) is 25.8. The number of hydrogen-bond donors (Lipinski definition) is 1. The number of aromatic nitrogens is 3. The third-order valence-corrected chi connectivity index (χ3v) is 6.63. The fourth-order valence-corrected chi connectivity index (χ4v) is 4.78. The first kappa shape index (κ1) is 25.0. The number of pyridine rings is 1. The Labute approximate surface area is 212 Å². The summed E-state index contributed by atoms with van der Waals surface area (Å²) in [5, 5.41) is 2.57. The van der Waals surface area contributed by atoms with Crippen LogP contribution in [0.5, 0.6) is 0 Å². The van der Waals surface area contributed by atoms with Crippen molar-refractivity contribution in [1.82, 2.24) is 19.9 Å². The molecule has 4 heterocycles. The molecular formula is C27H27F3N6O. The summed E-state index contributed by atoms with van der Waals surface area (Å²) in [5.74, 6) is -1.78. The van der Waals surface area contributed by atoms with E-state index < -0.39 is 17.9 Å². The largest absolute Gasteiger partial charge is 0.451 e. The first-order chi connectivity index (χ1) is 17.9. The summed E-state index contributed by atoms with van der Waals surface area (Å²) in [6.45, 7) is 3.51. The smallest absolute Gasteiger partial charge is 0.318 e. The molecule has 0 saturated carbocycles. The van der Waals surface area contributed by atoms with Gasteiger partial charge in [0.1, 0.15) is 5.71 Å². The third kappa shape index (κ3) is 6.02. The highest BCUT2D eigenvalue weighted by Crippen LogP contribution is 2.28. The van der Waals surface area contributed by atoms with Crippen molar-refractivity contribution in [3.8, 4) is 11.1 Å². The van der Waals surface area contributed by atoms with Crippen LogP contribution >= 0.6 is 0 Å². The van der Waals surface area contributed by atoms with Crippen molar-refractivity contribution in [2.45, 2.75) is 44.8 Å². The van der Waals surface area contributed by atoms with Gasteiger partial charge in [0, 0.05) is 36.6 Å². The number of rotatable bonds is 5. The number of carbonyl (C=O) groups excluding carboxylic acids is 1. The van der Waals surface area contributed by atoms with E-state index in [1.807, 2.05) is 30.6 Å². The van der Waals surface area contributed by atoms with E-state index in [0.717, 1.165) is 54.3 Å². The Bertz CT molecular complexity index is 1300. The molecule has 1 amide bonds. The molecule has 7 nitrogen and oxygen atoms in total. The number of likely N-dealkylation sites (tertiary alicyclic amines) is 1. The van der Waals surface area contributed by atoms with Crippen LogP contribution in [-0.4, -0.2) is 51.1 Å². The van der Waals surface area contributed by atoms with Gasteiger partial charge in [0.15, 0.2) is 0 Å². The van der Waals surface area contributed by atoms with E-state index in [-0.39, 0.29) is 11.4 Å². The van der Waals surface area contributed by atoms with Crippen molar-refractivity contribution in [2.75, 3.05) is 25.0 Å². The number of fused-ring (bicyclic) bond motifs is 1. The highest BCUT2D eigenvalue weighted by Gasteiger charge is 2.34. The van der Waals surface area contributed by atoms with Crippen LogP contribution in [0.4, 0.5) is 18.9 Å². The minimum Gasteiger partial charge on any atom is -0.318 e. The minimum atomic E-state index is -4.65. The molecule has 10 heteroatoms. The topological polar surface area (TPSA) is 83.4 Å². The van der Waals surface area contributed by atoms with Gasteiger partial charge in [-0.2, -0.15) is 13.2 Å². The van der Waals surface area contributed by atoms with Crippen LogP contribution in [0, 0.1) is 0 Å². The molecule has 0 spiro atoms. The van der Waals surface area contributed by atoms with E-state index in [9.17, 15) is 18.0 Å². The van der Waals surface area contributed by atoms with Crippen molar-refractivity contribution in [3.63, 3.8) is 0 Å². The summed E-state index contributed by atoms with van der Waals surface area (Å²) < 4.78 is 38.2. The Morgan fingerprint density at radius 3 is 2.43 bits per heavy atom. The Morgan fingerprint density at radius 1 is 0.946 bits per heavy atom. The molecule has 5 rings (SSSR count). The van der Waals surface area contributed by atoms with Gasteiger partial charge >= 0.3 is 6.18 Å². The summed E-state index contributed by atoms with van der Waals surface area (Å²) in [6.07, 6.45) is 6.66. The van der Waals surface area contributed by atoms with Gasteiger partial charge in [0.05, 0.1) is 18.1 Å². The first-order valence-electron chi connectivity index (χ1n) is 12.4. The van der Waals surface area contributed by atoms with Crippen LogP contribution in [0.3, 0.4) is 0 Å². The second-order valence-corrected chi connectivity index (χ2v) is 9.37. The quantitative estimate of drug-likeness (QED) is 0.529. The molecule has 2 aromatic heterocycles. The van der Waals surface area contributed by atoms with Crippen LogP contribution in [0.25, 0.3) is 11.1 Å². The van der Waals surface area contributed by atoms with E-state index in [4.69, 9.17) is 0 Å². The number of nitrogens with zero attached hydrogens (tertiary/aromatic N) is 5. The summed E-state index contributed by atoms with van der Waals surface area (Å²) >= 11 is 0. The van der Waals surface area contributed by atoms with E-state index in [0.29, 0.717) is 18.5 Å². The predicted molar refractivity (Wildman–Crippen MR) is 134 cm³/mol. The zero-order valence-corrected chi connectivity index (χ0v) is 20.3. The highest BCUT2D eigenvalue weighted by atomic mass is 19.4. The van der Waals surface area contributed by atoms with Crippen LogP contribution in [0.1, 0.15) is 48.2 Å². The van der Waals surface area contributed by atoms with Crippen molar-refractivity contribution < 1.29 is 18.0 Å². The third-order valence-electron chi connectivity index (χ3n) is 6.63. The lowest BCUT2D eigenvalue weighted by Gasteiger charge is -2.20. The van der Waals surface area contributed by atoms with Gasteiger partial charge in [-0.05, 0) is 61.2 Å². The normalized spacial score (nSPS) is 16.5. The summed E-state index contributed by atoms with van der Waals surface area (Å²) in [5.41, 5.74) is 5.01. The van der Waals surface area contributed by atoms with Crippen LogP contribution < -0.4 is 5.32 Å². The van der Waals surface area contributed by atoms with E-state index in [2.05, 4.69) is 36.2 Å². The molecule has 1 N–H and O–H groups in total. The number of carbonyl (C=O) groups is 1. The minimum absolute atomic E-state index is 0.0643. The number of nitrogens with one attached hydrogen (secondary N) is 1. The molecule has 0 radical (unpaired) electrons. The van der Waals surface area contributed by atoms with Gasteiger partial charge in [-0.25, -0.2) is 9.97 Å². The van der Waals surface area contributed by atoms with Crippen LogP contribution in [0.2, 0.25) is 0 Å². The van der Waals surface area contributed by atoms with E-state index in [1.165, 1.54) is 25.7 Å². The monoisotopic (exact) mass is 508 g/mol. The van der Waals surface area contributed by atoms with Crippen LogP contribution in [0.15, 0.2) is 54.0 Å².